The van der Waals surface area contributed by atoms with E-state index in [1.807, 2.05) is 0 Å². The van der Waals surface area contributed by atoms with Gasteiger partial charge < -0.3 is 19.8 Å². The van der Waals surface area contributed by atoms with E-state index in [0.29, 0.717) is 13.0 Å². The van der Waals surface area contributed by atoms with Gasteiger partial charge in [-0.3, -0.25) is 9.59 Å². The summed E-state index contributed by atoms with van der Waals surface area (Å²) >= 11 is 0. The van der Waals surface area contributed by atoms with E-state index in [0.717, 1.165) is 4.90 Å². The van der Waals surface area contributed by atoms with E-state index in [1.165, 1.54) is 0 Å². The number of rotatable bonds is 2. The van der Waals surface area contributed by atoms with Crippen molar-refractivity contribution in [1.29, 1.82) is 0 Å². The first-order valence-corrected chi connectivity index (χ1v) is 6.03. The summed E-state index contributed by atoms with van der Waals surface area (Å²) in [5.74, 6) is -2.85. The first-order chi connectivity index (χ1) is 8.58. The van der Waals surface area contributed by atoms with E-state index in [1.54, 1.807) is 20.8 Å². The molecule has 1 heterocycles. The van der Waals surface area contributed by atoms with Crippen LogP contribution in [0.4, 0.5) is 4.79 Å². The van der Waals surface area contributed by atoms with Gasteiger partial charge in [-0.2, -0.15) is 0 Å². The molecule has 2 N–H and O–H groups in total. The Morgan fingerprint density at radius 2 is 1.68 bits per heavy atom. The Morgan fingerprint density at radius 1 is 1.16 bits per heavy atom. The maximum atomic E-state index is 11.9. The first-order valence-electron chi connectivity index (χ1n) is 6.03. The van der Waals surface area contributed by atoms with Crippen molar-refractivity contribution >= 4 is 18.0 Å². The van der Waals surface area contributed by atoms with Gasteiger partial charge in [0.25, 0.3) is 0 Å². The number of hydrogen-bond donors (Lipinski definition) is 2. The van der Waals surface area contributed by atoms with Gasteiger partial charge in [-0.1, -0.05) is 0 Å². The van der Waals surface area contributed by atoms with E-state index >= 15 is 0 Å². The van der Waals surface area contributed by atoms with Gasteiger partial charge in [-0.15, -0.1) is 0 Å². The van der Waals surface area contributed by atoms with Crippen LogP contribution in [-0.2, 0) is 14.3 Å². The molecule has 1 aliphatic heterocycles. The van der Waals surface area contributed by atoms with Crippen molar-refractivity contribution < 1.29 is 29.3 Å². The highest BCUT2D eigenvalue weighted by atomic mass is 16.6. The van der Waals surface area contributed by atoms with Crippen LogP contribution in [0.2, 0.25) is 0 Å². The van der Waals surface area contributed by atoms with E-state index in [2.05, 4.69) is 0 Å². The molecule has 0 aromatic carbocycles. The fraction of sp³-hybridized carbons (Fsp3) is 0.750. The average Bonchev–Trinajstić information content (AvgIpc) is 2.26. The molecule has 1 rings (SSSR count). The summed E-state index contributed by atoms with van der Waals surface area (Å²) in [5, 5.41) is 18.3. The molecule has 7 heteroatoms. The number of carboxylic acid groups (broad SMARTS) is 2. The van der Waals surface area contributed by atoms with Crippen molar-refractivity contribution in [2.24, 2.45) is 5.41 Å². The number of piperidine rings is 1. The Morgan fingerprint density at radius 3 is 2.11 bits per heavy atom. The molecule has 0 spiro atoms. The van der Waals surface area contributed by atoms with Crippen molar-refractivity contribution in [3.8, 4) is 0 Å². The second-order valence-electron chi connectivity index (χ2n) is 5.70. The van der Waals surface area contributed by atoms with E-state index < -0.39 is 29.0 Å². The minimum absolute atomic E-state index is 0.0109. The number of likely N-dealkylation sites (tertiary alicyclic amines) is 1. The maximum absolute atomic E-state index is 11.9. The molecule has 0 bridgehead atoms. The van der Waals surface area contributed by atoms with Crippen LogP contribution in [0.3, 0.4) is 0 Å². The van der Waals surface area contributed by atoms with E-state index in [9.17, 15) is 14.4 Å². The van der Waals surface area contributed by atoms with Crippen LogP contribution in [0.5, 0.6) is 0 Å². The molecule has 0 atom stereocenters. The summed E-state index contributed by atoms with van der Waals surface area (Å²) in [7, 11) is 0. The molecule has 0 aromatic rings. The number of carbonyl (C=O) groups excluding carboxylic acids is 1. The number of aliphatic carboxylic acids is 2. The molecular weight excluding hydrogens is 254 g/mol. The normalized spacial score (nSPS) is 18.8. The Bertz CT molecular complexity index is 384. The lowest BCUT2D eigenvalue weighted by molar-refractivity contribution is -0.168. The largest absolute Gasteiger partial charge is 0.480 e. The Balaban J connectivity index is 2.87. The second-order valence-corrected chi connectivity index (χ2v) is 5.70. The third kappa shape index (κ3) is 3.36. The van der Waals surface area contributed by atoms with Gasteiger partial charge in [0, 0.05) is 6.54 Å². The summed E-state index contributed by atoms with van der Waals surface area (Å²) in [5.41, 5.74) is -2.64. The number of nitrogens with zero attached hydrogens (tertiary/aromatic N) is 1. The quantitative estimate of drug-likeness (QED) is 0.732. The van der Waals surface area contributed by atoms with Crippen LogP contribution in [0.1, 0.15) is 33.6 Å². The molecule has 0 aliphatic carbocycles. The lowest BCUT2D eigenvalue weighted by Gasteiger charge is -2.37. The fourth-order valence-electron chi connectivity index (χ4n) is 1.98. The van der Waals surface area contributed by atoms with Crippen molar-refractivity contribution in [3.05, 3.63) is 0 Å². The van der Waals surface area contributed by atoms with E-state index in [-0.39, 0.29) is 13.0 Å². The summed E-state index contributed by atoms with van der Waals surface area (Å²) in [6.45, 7) is 5.01. The number of carboxylic acids is 2. The zero-order chi connectivity index (χ0) is 14.8. The highest BCUT2D eigenvalue weighted by molar-refractivity contribution is 5.99. The molecule has 108 valence electrons. The van der Waals surface area contributed by atoms with Crippen molar-refractivity contribution in [2.75, 3.05) is 13.1 Å². The standard InChI is InChI=1S/C12H19NO6/c1-11(2,3)19-10(18)13-6-4-5-12(7-13,8(14)15)9(16)17/h4-7H2,1-3H3,(H,14,15)(H,16,17). The fourth-order valence-corrected chi connectivity index (χ4v) is 1.98. The van der Waals surface area contributed by atoms with Crippen molar-refractivity contribution in [1.82, 2.24) is 4.90 Å². The molecular formula is C12H19NO6. The smallest absolute Gasteiger partial charge is 0.410 e. The minimum atomic E-state index is -1.94. The average molecular weight is 273 g/mol. The molecule has 0 unspecified atom stereocenters. The van der Waals surface area contributed by atoms with Gasteiger partial charge in [-0.05, 0) is 33.6 Å². The van der Waals surface area contributed by atoms with Crippen molar-refractivity contribution in [2.45, 2.75) is 39.2 Å². The Labute approximate surface area is 111 Å². The predicted molar refractivity (Wildman–Crippen MR) is 64.7 cm³/mol. The van der Waals surface area contributed by atoms with Gasteiger partial charge in [0.05, 0.1) is 6.54 Å². The number of hydrogen-bond acceptors (Lipinski definition) is 4. The lowest BCUT2D eigenvalue weighted by atomic mass is 9.80. The molecule has 1 amide bonds. The van der Waals surface area contributed by atoms with Crippen LogP contribution in [-0.4, -0.2) is 51.8 Å². The highest BCUT2D eigenvalue weighted by Gasteiger charge is 2.50. The van der Waals surface area contributed by atoms with Crippen LogP contribution >= 0.6 is 0 Å². The highest BCUT2D eigenvalue weighted by Crippen LogP contribution is 2.31. The zero-order valence-corrected chi connectivity index (χ0v) is 11.3. The van der Waals surface area contributed by atoms with Crippen LogP contribution < -0.4 is 0 Å². The SMILES string of the molecule is CC(C)(C)OC(=O)N1CCCC(C(=O)O)(C(=O)O)C1. The van der Waals surface area contributed by atoms with Crippen molar-refractivity contribution in [3.63, 3.8) is 0 Å². The summed E-state index contributed by atoms with van der Waals surface area (Å²) in [4.78, 5) is 35.4. The third-order valence-corrected chi connectivity index (χ3v) is 2.96. The molecule has 0 radical (unpaired) electrons. The maximum Gasteiger partial charge on any atom is 0.410 e. The van der Waals surface area contributed by atoms with Gasteiger partial charge in [-0.25, -0.2) is 4.79 Å². The first kappa shape index (κ1) is 15.3. The summed E-state index contributed by atoms with van der Waals surface area (Å²) in [6.07, 6.45) is -0.353. The number of carbonyl (C=O) groups is 3. The van der Waals surface area contributed by atoms with Crippen LogP contribution in [0.15, 0.2) is 0 Å². The molecule has 19 heavy (non-hydrogen) atoms. The van der Waals surface area contributed by atoms with Gasteiger partial charge in [0.15, 0.2) is 5.41 Å². The molecule has 0 aromatic heterocycles. The molecule has 1 fully saturated rings. The summed E-state index contributed by atoms with van der Waals surface area (Å²) < 4.78 is 5.13. The lowest BCUT2D eigenvalue weighted by Crippen LogP contribution is -2.54. The number of amides is 1. The molecule has 1 aliphatic rings. The van der Waals surface area contributed by atoms with E-state index in [4.69, 9.17) is 14.9 Å². The second kappa shape index (κ2) is 5.07. The predicted octanol–water partition coefficient (Wildman–Crippen LogP) is 1.17. The van der Waals surface area contributed by atoms with Gasteiger partial charge in [0.2, 0.25) is 0 Å². The van der Waals surface area contributed by atoms with Crippen LogP contribution in [0.25, 0.3) is 0 Å². The Hall–Kier alpha value is -1.79. The van der Waals surface area contributed by atoms with Gasteiger partial charge in [0.1, 0.15) is 5.60 Å². The molecule has 0 saturated carbocycles. The third-order valence-electron chi connectivity index (χ3n) is 2.96. The van der Waals surface area contributed by atoms with Crippen LogP contribution in [0, 0.1) is 5.41 Å². The minimum Gasteiger partial charge on any atom is -0.480 e. The molecule has 7 nitrogen and oxygen atoms in total. The van der Waals surface area contributed by atoms with Gasteiger partial charge >= 0.3 is 18.0 Å². The Kier molecular flexibility index (Phi) is 4.07. The topological polar surface area (TPSA) is 104 Å². The summed E-state index contributed by atoms with van der Waals surface area (Å²) in [6, 6.07) is 0. The molecule has 1 saturated heterocycles. The zero-order valence-electron chi connectivity index (χ0n) is 11.3. The number of ether oxygens (including phenoxy) is 1. The monoisotopic (exact) mass is 273 g/mol.